The maximum Gasteiger partial charge on any atom is 0.414 e. The lowest BCUT2D eigenvalue weighted by Crippen LogP contribution is -2.45. The van der Waals surface area contributed by atoms with Gasteiger partial charge in [-0.15, -0.1) is 0 Å². The van der Waals surface area contributed by atoms with Crippen LogP contribution >= 0.6 is 0 Å². The topological polar surface area (TPSA) is 52.6 Å². The summed E-state index contributed by atoms with van der Waals surface area (Å²) in [5.41, 5.74) is 0. The highest BCUT2D eigenvalue weighted by Crippen LogP contribution is 2.31. The lowest BCUT2D eigenvalue weighted by Gasteiger charge is -2.34. The summed E-state index contributed by atoms with van der Waals surface area (Å²) >= 11 is 0. The summed E-state index contributed by atoms with van der Waals surface area (Å²) in [6.07, 6.45) is -6.27. The SMILES string of the molecule is CNC(=O)CN1CCC(C(O)C(F)(F)F)CC1. The third-order valence-electron chi connectivity index (χ3n) is 3.06. The first-order chi connectivity index (χ1) is 7.84. The van der Waals surface area contributed by atoms with Crippen molar-refractivity contribution in [2.24, 2.45) is 5.92 Å². The predicted octanol–water partition coefficient (Wildman–Crippen LogP) is 0.368. The number of alkyl halides is 3. The molecule has 1 saturated heterocycles. The molecule has 1 aliphatic heterocycles. The Balaban J connectivity index is 2.38. The standard InChI is InChI=1S/C10H17F3N2O2/c1-14-8(16)6-15-4-2-7(3-5-15)9(17)10(11,12)13/h7,9,17H,2-6H2,1H3,(H,14,16). The first-order valence-corrected chi connectivity index (χ1v) is 5.52. The van der Waals surface area contributed by atoms with E-state index in [-0.39, 0.29) is 25.3 Å². The van der Waals surface area contributed by atoms with Crippen LogP contribution in [0.5, 0.6) is 0 Å². The molecule has 0 saturated carbocycles. The monoisotopic (exact) mass is 254 g/mol. The molecular weight excluding hydrogens is 237 g/mol. The Morgan fingerprint density at radius 2 is 2.00 bits per heavy atom. The van der Waals surface area contributed by atoms with E-state index in [2.05, 4.69) is 5.32 Å². The summed E-state index contributed by atoms with van der Waals surface area (Å²) in [5.74, 6) is -0.907. The van der Waals surface area contributed by atoms with Crippen molar-refractivity contribution in [2.45, 2.75) is 25.1 Å². The molecule has 100 valence electrons. The minimum Gasteiger partial charge on any atom is -0.383 e. The molecule has 0 spiro atoms. The number of nitrogens with one attached hydrogen (secondary N) is 1. The molecule has 1 fully saturated rings. The van der Waals surface area contributed by atoms with Crippen molar-refractivity contribution in [1.82, 2.24) is 10.2 Å². The second-order valence-electron chi connectivity index (χ2n) is 4.27. The van der Waals surface area contributed by atoms with Gasteiger partial charge >= 0.3 is 6.18 Å². The first kappa shape index (κ1) is 14.2. The normalized spacial score (nSPS) is 21.2. The maximum absolute atomic E-state index is 12.3. The van der Waals surface area contributed by atoms with Crippen molar-refractivity contribution >= 4 is 5.91 Å². The number of likely N-dealkylation sites (tertiary alicyclic amines) is 1. The van der Waals surface area contributed by atoms with Crippen LogP contribution in [-0.2, 0) is 4.79 Å². The molecule has 17 heavy (non-hydrogen) atoms. The molecule has 2 N–H and O–H groups in total. The molecular formula is C10H17F3N2O2. The number of nitrogens with zero attached hydrogens (tertiary/aromatic N) is 1. The van der Waals surface area contributed by atoms with Gasteiger partial charge in [-0.1, -0.05) is 0 Å². The van der Waals surface area contributed by atoms with Gasteiger partial charge in [0.1, 0.15) is 0 Å². The van der Waals surface area contributed by atoms with Gasteiger partial charge in [0.2, 0.25) is 5.91 Å². The van der Waals surface area contributed by atoms with Crippen LogP contribution in [-0.4, -0.2) is 54.9 Å². The zero-order chi connectivity index (χ0) is 13.1. The lowest BCUT2D eigenvalue weighted by atomic mass is 9.91. The number of aliphatic hydroxyl groups excluding tert-OH is 1. The second-order valence-corrected chi connectivity index (χ2v) is 4.27. The summed E-state index contributed by atoms with van der Waals surface area (Å²) in [4.78, 5) is 12.9. The van der Waals surface area contributed by atoms with Gasteiger partial charge in [0.05, 0.1) is 6.54 Å². The third-order valence-corrected chi connectivity index (χ3v) is 3.06. The number of carbonyl (C=O) groups is 1. The smallest absolute Gasteiger partial charge is 0.383 e. The molecule has 4 nitrogen and oxygen atoms in total. The van der Waals surface area contributed by atoms with E-state index in [4.69, 9.17) is 5.11 Å². The Labute approximate surface area is 97.8 Å². The Hall–Kier alpha value is -0.820. The van der Waals surface area contributed by atoms with E-state index < -0.39 is 18.2 Å². The van der Waals surface area contributed by atoms with E-state index in [9.17, 15) is 18.0 Å². The van der Waals surface area contributed by atoms with Crippen LogP contribution in [0, 0.1) is 5.92 Å². The fraction of sp³-hybridized carbons (Fsp3) is 0.900. The average molecular weight is 254 g/mol. The Kier molecular flexibility index (Phi) is 4.76. The van der Waals surface area contributed by atoms with E-state index in [1.54, 1.807) is 4.90 Å². The number of hydrogen-bond acceptors (Lipinski definition) is 3. The second kappa shape index (κ2) is 5.68. The molecule has 0 aromatic heterocycles. The maximum atomic E-state index is 12.3. The van der Waals surface area contributed by atoms with Crippen molar-refractivity contribution in [3.05, 3.63) is 0 Å². The van der Waals surface area contributed by atoms with Gasteiger partial charge in [-0.25, -0.2) is 0 Å². The van der Waals surface area contributed by atoms with Crippen molar-refractivity contribution in [3.63, 3.8) is 0 Å². The van der Waals surface area contributed by atoms with Gasteiger partial charge in [-0.3, -0.25) is 9.69 Å². The van der Waals surface area contributed by atoms with E-state index >= 15 is 0 Å². The number of carbonyl (C=O) groups excluding carboxylic acids is 1. The summed E-state index contributed by atoms with van der Waals surface area (Å²) < 4.78 is 36.8. The molecule has 0 aliphatic carbocycles. The predicted molar refractivity (Wildman–Crippen MR) is 55.3 cm³/mol. The molecule has 0 aromatic carbocycles. The highest BCUT2D eigenvalue weighted by atomic mass is 19.4. The highest BCUT2D eigenvalue weighted by Gasteiger charge is 2.44. The Morgan fingerprint density at radius 3 is 2.41 bits per heavy atom. The van der Waals surface area contributed by atoms with Crippen LogP contribution in [0.3, 0.4) is 0 Å². The minimum absolute atomic E-state index is 0.153. The zero-order valence-corrected chi connectivity index (χ0v) is 9.63. The number of amides is 1. The van der Waals surface area contributed by atoms with Crippen molar-refractivity contribution < 1.29 is 23.1 Å². The number of hydrogen-bond donors (Lipinski definition) is 2. The number of likely N-dealkylation sites (N-methyl/N-ethyl adjacent to an activating group) is 1. The quantitative estimate of drug-likeness (QED) is 0.765. The van der Waals surface area contributed by atoms with Gasteiger partial charge in [0.25, 0.3) is 0 Å². The molecule has 7 heteroatoms. The largest absolute Gasteiger partial charge is 0.414 e. The first-order valence-electron chi connectivity index (χ1n) is 5.52. The van der Waals surface area contributed by atoms with E-state index in [1.807, 2.05) is 0 Å². The van der Waals surface area contributed by atoms with Crippen molar-refractivity contribution in [3.8, 4) is 0 Å². The Bertz CT molecular complexity index is 263. The minimum atomic E-state index is -4.55. The molecule has 0 bridgehead atoms. The van der Waals surface area contributed by atoms with Gasteiger partial charge < -0.3 is 10.4 Å². The summed E-state index contributed by atoms with van der Waals surface area (Å²) in [7, 11) is 1.52. The molecule has 1 rings (SSSR count). The van der Waals surface area contributed by atoms with Crippen LogP contribution in [0.4, 0.5) is 13.2 Å². The fourth-order valence-corrected chi connectivity index (χ4v) is 1.98. The molecule has 0 aromatic rings. The Morgan fingerprint density at radius 1 is 1.47 bits per heavy atom. The van der Waals surface area contributed by atoms with Crippen LogP contribution in [0.25, 0.3) is 0 Å². The van der Waals surface area contributed by atoms with E-state index in [0.717, 1.165) is 0 Å². The lowest BCUT2D eigenvalue weighted by molar-refractivity contribution is -0.223. The van der Waals surface area contributed by atoms with Gasteiger partial charge in [-0.05, 0) is 31.8 Å². The van der Waals surface area contributed by atoms with Crippen LogP contribution in [0.2, 0.25) is 0 Å². The molecule has 0 radical (unpaired) electrons. The van der Waals surface area contributed by atoms with Crippen LogP contribution in [0.1, 0.15) is 12.8 Å². The van der Waals surface area contributed by atoms with Gasteiger partial charge in [0, 0.05) is 7.05 Å². The zero-order valence-electron chi connectivity index (χ0n) is 9.63. The highest BCUT2D eigenvalue weighted by molar-refractivity contribution is 5.77. The van der Waals surface area contributed by atoms with Crippen molar-refractivity contribution in [1.29, 1.82) is 0 Å². The summed E-state index contributed by atoms with van der Waals surface area (Å²) in [6, 6.07) is 0. The third kappa shape index (κ3) is 4.16. The van der Waals surface area contributed by atoms with Crippen LogP contribution in [0.15, 0.2) is 0 Å². The molecule has 1 amide bonds. The summed E-state index contributed by atoms with van der Waals surface area (Å²) in [6.45, 7) is 1.02. The summed E-state index contributed by atoms with van der Waals surface area (Å²) in [5, 5.41) is 11.6. The molecule has 1 aliphatic rings. The average Bonchev–Trinajstić information content (AvgIpc) is 2.27. The number of halogens is 3. The molecule has 1 atom stereocenters. The molecule has 1 heterocycles. The van der Waals surface area contributed by atoms with Gasteiger partial charge in [0.15, 0.2) is 6.10 Å². The number of piperidine rings is 1. The molecule has 1 unspecified atom stereocenters. The fourth-order valence-electron chi connectivity index (χ4n) is 1.98. The number of aliphatic hydroxyl groups is 1. The van der Waals surface area contributed by atoms with Crippen molar-refractivity contribution in [2.75, 3.05) is 26.7 Å². The van der Waals surface area contributed by atoms with Gasteiger partial charge in [-0.2, -0.15) is 13.2 Å². The number of rotatable bonds is 3. The van der Waals surface area contributed by atoms with E-state index in [1.165, 1.54) is 7.05 Å². The van der Waals surface area contributed by atoms with Crippen LogP contribution < -0.4 is 5.32 Å². The van der Waals surface area contributed by atoms with E-state index in [0.29, 0.717) is 13.1 Å².